The molecule has 0 radical (unpaired) electrons. The lowest BCUT2D eigenvalue weighted by Gasteiger charge is -2.23. The minimum atomic E-state index is -0.251. The van der Waals surface area contributed by atoms with Gasteiger partial charge in [0, 0.05) is 31.7 Å². The van der Waals surface area contributed by atoms with Crippen molar-refractivity contribution in [2.75, 3.05) is 18.5 Å². The predicted molar refractivity (Wildman–Crippen MR) is 90.3 cm³/mol. The van der Waals surface area contributed by atoms with Gasteiger partial charge in [-0.3, -0.25) is 9.59 Å². The Kier molecular flexibility index (Phi) is 6.16. The molecule has 1 aromatic rings. The van der Waals surface area contributed by atoms with Crippen molar-refractivity contribution in [3.8, 4) is 0 Å². The van der Waals surface area contributed by atoms with E-state index >= 15 is 0 Å². The molecule has 0 aromatic heterocycles. The highest BCUT2D eigenvalue weighted by atomic mass is 16.5. The molecule has 0 spiro atoms. The largest absolute Gasteiger partial charge is 0.373 e. The Morgan fingerprint density at radius 3 is 2.74 bits per heavy atom. The number of nitrogens with one attached hydrogen (secondary N) is 2. The Labute approximate surface area is 137 Å². The number of hydrogen-bond acceptors (Lipinski definition) is 3. The Hall–Kier alpha value is -1.88. The van der Waals surface area contributed by atoms with Gasteiger partial charge in [-0.05, 0) is 43.9 Å². The summed E-state index contributed by atoms with van der Waals surface area (Å²) in [5, 5.41) is 5.69. The van der Waals surface area contributed by atoms with Crippen LogP contribution in [0.2, 0.25) is 0 Å². The van der Waals surface area contributed by atoms with Gasteiger partial charge in [-0.1, -0.05) is 19.1 Å². The summed E-state index contributed by atoms with van der Waals surface area (Å²) in [4.78, 5) is 23.8. The summed E-state index contributed by atoms with van der Waals surface area (Å²) in [6.45, 7) is 5.34. The molecular formula is C18H26N2O3. The molecule has 2 amide bonds. The minimum absolute atomic E-state index is 0.112. The number of amides is 2. The third-order valence-electron chi connectivity index (χ3n) is 4.16. The number of ether oxygens (including phenoxy) is 1. The number of carbonyl (C=O) groups is 2. The van der Waals surface area contributed by atoms with E-state index in [4.69, 9.17) is 4.74 Å². The van der Waals surface area contributed by atoms with E-state index in [9.17, 15) is 9.59 Å². The van der Waals surface area contributed by atoms with Gasteiger partial charge in [-0.15, -0.1) is 0 Å². The maximum absolute atomic E-state index is 11.9. The lowest BCUT2D eigenvalue weighted by Crippen LogP contribution is -2.40. The van der Waals surface area contributed by atoms with Crippen LogP contribution in [0.1, 0.15) is 45.1 Å². The standard InChI is InChI=1S/C18H26N2O3/c1-3-14-6-4-7-15(12-14)20-17(22)9-8-16(21)19-13-18(2)10-5-11-23-18/h4,6-7,12H,3,5,8-11,13H2,1-2H3,(H,19,21)(H,20,22)/t18-/m0/s1. The predicted octanol–water partition coefficient (Wildman–Crippen LogP) is 2.65. The number of rotatable bonds is 7. The number of hydrogen-bond donors (Lipinski definition) is 2. The topological polar surface area (TPSA) is 67.4 Å². The third kappa shape index (κ3) is 5.67. The van der Waals surface area contributed by atoms with E-state index in [0.717, 1.165) is 31.6 Å². The molecule has 0 bridgehead atoms. The molecule has 1 aromatic carbocycles. The lowest BCUT2D eigenvalue weighted by atomic mass is 10.0. The molecule has 1 aliphatic heterocycles. The maximum atomic E-state index is 11.9. The van der Waals surface area contributed by atoms with Crippen LogP contribution in [0.5, 0.6) is 0 Å². The van der Waals surface area contributed by atoms with Gasteiger partial charge in [0.1, 0.15) is 0 Å². The average molecular weight is 318 g/mol. The van der Waals surface area contributed by atoms with Gasteiger partial charge in [0.15, 0.2) is 0 Å². The van der Waals surface area contributed by atoms with E-state index in [2.05, 4.69) is 17.6 Å². The van der Waals surface area contributed by atoms with Crippen molar-refractivity contribution >= 4 is 17.5 Å². The smallest absolute Gasteiger partial charge is 0.224 e. The van der Waals surface area contributed by atoms with E-state index in [1.54, 1.807) is 0 Å². The van der Waals surface area contributed by atoms with Gasteiger partial charge in [0.2, 0.25) is 11.8 Å². The van der Waals surface area contributed by atoms with Gasteiger partial charge in [-0.2, -0.15) is 0 Å². The highest BCUT2D eigenvalue weighted by molar-refractivity contribution is 5.93. The fourth-order valence-electron chi connectivity index (χ4n) is 2.67. The van der Waals surface area contributed by atoms with Crippen LogP contribution in [0.3, 0.4) is 0 Å². The molecule has 23 heavy (non-hydrogen) atoms. The van der Waals surface area contributed by atoms with Gasteiger partial charge in [-0.25, -0.2) is 0 Å². The van der Waals surface area contributed by atoms with Gasteiger partial charge < -0.3 is 15.4 Å². The number of anilines is 1. The molecule has 5 heteroatoms. The van der Waals surface area contributed by atoms with E-state index < -0.39 is 0 Å². The second-order valence-electron chi connectivity index (χ2n) is 6.28. The van der Waals surface area contributed by atoms with Gasteiger partial charge >= 0.3 is 0 Å². The van der Waals surface area contributed by atoms with Crippen molar-refractivity contribution in [1.82, 2.24) is 5.32 Å². The lowest BCUT2D eigenvalue weighted by molar-refractivity contribution is -0.125. The van der Waals surface area contributed by atoms with Crippen molar-refractivity contribution in [1.29, 1.82) is 0 Å². The van der Waals surface area contributed by atoms with E-state index in [-0.39, 0.29) is 30.3 Å². The quantitative estimate of drug-likeness (QED) is 0.812. The highest BCUT2D eigenvalue weighted by Gasteiger charge is 2.29. The van der Waals surface area contributed by atoms with Gasteiger partial charge in [0.25, 0.3) is 0 Å². The number of aryl methyl sites for hydroxylation is 1. The van der Waals surface area contributed by atoms with E-state index in [1.165, 1.54) is 5.56 Å². The van der Waals surface area contributed by atoms with Crippen LogP contribution in [0.4, 0.5) is 5.69 Å². The summed E-state index contributed by atoms with van der Waals surface area (Å²) in [5.74, 6) is -0.254. The Balaban J connectivity index is 1.70. The molecule has 2 N–H and O–H groups in total. The van der Waals surface area contributed by atoms with Crippen molar-refractivity contribution in [3.05, 3.63) is 29.8 Å². The van der Waals surface area contributed by atoms with Crippen LogP contribution >= 0.6 is 0 Å². The fourth-order valence-corrected chi connectivity index (χ4v) is 2.67. The fraction of sp³-hybridized carbons (Fsp3) is 0.556. The summed E-state index contributed by atoms with van der Waals surface area (Å²) < 4.78 is 5.62. The molecule has 1 saturated heterocycles. The molecule has 2 rings (SSSR count). The maximum Gasteiger partial charge on any atom is 0.224 e. The summed E-state index contributed by atoms with van der Waals surface area (Å²) >= 11 is 0. The molecule has 1 heterocycles. The first kappa shape index (κ1) is 17.5. The van der Waals surface area contributed by atoms with Crippen LogP contribution in [0.25, 0.3) is 0 Å². The Bertz CT molecular complexity index is 551. The molecule has 0 unspecified atom stereocenters. The molecule has 5 nitrogen and oxygen atoms in total. The monoisotopic (exact) mass is 318 g/mol. The van der Waals surface area contributed by atoms with E-state index in [0.29, 0.717) is 6.54 Å². The molecule has 1 fully saturated rings. The third-order valence-corrected chi connectivity index (χ3v) is 4.16. The normalized spacial score (nSPS) is 20.3. The average Bonchev–Trinajstić information content (AvgIpc) is 2.98. The first-order valence-corrected chi connectivity index (χ1v) is 8.30. The van der Waals surface area contributed by atoms with Crippen LogP contribution < -0.4 is 10.6 Å². The van der Waals surface area contributed by atoms with Crippen LogP contribution in [-0.4, -0.2) is 30.6 Å². The molecular weight excluding hydrogens is 292 g/mol. The zero-order chi connectivity index (χ0) is 16.7. The Morgan fingerprint density at radius 1 is 1.26 bits per heavy atom. The van der Waals surface area contributed by atoms with E-state index in [1.807, 2.05) is 31.2 Å². The minimum Gasteiger partial charge on any atom is -0.373 e. The van der Waals surface area contributed by atoms with Gasteiger partial charge in [0.05, 0.1) is 5.60 Å². The van der Waals surface area contributed by atoms with Crippen molar-refractivity contribution in [2.24, 2.45) is 0 Å². The summed E-state index contributed by atoms with van der Waals surface area (Å²) in [6.07, 6.45) is 3.29. The second-order valence-corrected chi connectivity index (χ2v) is 6.28. The molecule has 126 valence electrons. The van der Waals surface area contributed by atoms with Crippen LogP contribution in [0.15, 0.2) is 24.3 Å². The zero-order valence-electron chi connectivity index (χ0n) is 14.0. The molecule has 0 saturated carbocycles. The SMILES string of the molecule is CCc1cccc(NC(=O)CCC(=O)NC[C@]2(C)CCCO2)c1. The summed E-state index contributed by atoms with van der Waals surface area (Å²) in [6, 6.07) is 7.75. The van der Waals surface area contributed by atoms with Crippen molar-refractivity contribution < 1.29 is 14.3 Å². The van der Waals surface area contributed by atoms with Crippen molar-refractivity contribution in [2.45, 2.75) is 51.6 Å². The van der Waals surface area contributed by atoms with Crippen LogP contribution in [0, 0.1) is 0 Å². The number of carbonyl (C=O) groups excluding carboxylic acids is 2. The highest BCUT2D eigenvalue weighted by Crippen LogP contribution is 2.23. The first-order valence-electron chi connectivity index (χ1n) is 8.30. The first-order chi connectivity index (χ1) is 11.0. The van der Waals surface area contributed by atoms with Crippen molar-refractivity contribution in [3.63, 3.8) is 0 Å². The zero-order valence-corrected chi connectivity index (χ0v) is 14.0. The number of benzene rings is 1. The molecule has 1 aliphatic rings. The summed E-state index contributed by atoms with van der Waals surface area (Å²) in [5.41, 5.74) is 1.70. The van der Waals surface area contributed by atoms with Crippen LogP contribution in [-0.2, 0) is 20.7 Å². The molecule has 0 aliphatic carbocycles. The second kappa shape index (κ2) is 8.11. The Morgan fingerprint density at radius 2 is 2.04 bits per heavy atom. The summed E-state index contributed by atoms with van der Waals surface area (Å²) in [7, 11) is 0. The molecule has 1 atom stereocenters.